The highest BCUT2D eigenvalue weighted by Crippen LogP contribution is 2.10. The van der Waals surface area contributed by atoms with Crippen molar-refractivity contribution in [3.05, 3.63) is 11.9 Å². The van der Waals surface area contributed by atoms with E-state index in [4.69, 9.17) is 0 Å². The van der Waals surface area contributed by atoms with Crippen molar-refractivity contribution in [1.82, 2.24) is 15.0 Å². The van der Waals surface area contributed by atoms with Crippen LogP contribution in [0.2, 0.25) is 0 Å². The summed E-state index contributed by atoms with van der Waals surface area (Å²) in [5.41, 5.74) is 1.00. The molecule has 1 N–H and O–H groups in total. The number of hydrogen-bond donors (Lipinski definition) is 1. The lowest BCUT2D eigenvalue weighted by Crippen LogP contribution is -2.14. The highest BCUT2D eigenvalue weighted by molar-refractivity contribution is 4.91. The van der Waals surface area contributed by atoms with Gasteiger partial charge in [-0.05, 0) is 25.2 Å². The average Bonchev–Trinajstić information content (AvgIpc) is 2.51. The van der Waals surface area contributed by atoms with Crippen LogP contribution in [0.3, 0.4) is 0 Å². The normalized spacial score (nSPS) is 13.5. The molecule has 0 aromatic carbocycles. The minimum Gasteiger partial charge on any atom is -0.393 e. The number of rotatable bonds is 5. The largest absolute Gasteiger partial charge is 0.393 e. The van der Waals surface area contributed by atoms with Gasteiger partial charge in [-0.2, -0.15) is 0 Å². The summed E-state index contributed by atoms with van der Waals surface area (Å²) in [5, 5.41) is 17.4. The number of aryl methyl sites for hydroxylation is 2. The summed E-state index contributed by atoms with van der Waals surface area (Å²) in [6.45, 7) is 4.07. The zero-order valence-electron chi connectivity index (χ0n) is 9.14. The molecular weight excluding hydrogens is 178 g/mol. The SMILES string of the molecule is CC(C)C(O)CCCc1cn(C)nn1. The van der Waals surface area contributed by atoms with E-state index in [1.54, 1.807) is 4.68 Å². The minimum absolute atomic E-state index is 0.188. The molecule has 80 valence electrons. The van der Waals surface area contributed by atoms with Gasteiger partial charge in [0.05, 0.1) is 11.8 Å². The van der Waals surface area contributed by atoms with Crippen molar-refractivity contribution in [2.75, 3.05) is 0 Å². The van der Waals surface area contributed by atoms with E-state index in [1.807, 2.05) is 27.1 Å². The van der Waals surface area contributed by atoms with Gasteiger partial charge in [0.1, 0.15) is 0 Å². The van der Waals surface area contributed by atoms with Gasteiger partial charge in [-0.15, -0.1) is 5.10 Å². The first-order chi connectivity index (χ1) is 6.59. The lowest BCUT2D eigenvalue weighted by molar-refractivity contribution is 0.114. The maximum atomic E-state index is 9.57. The molecule has 0 saturated carbocycles. The van der Waals surface area contributed by atoms with Gasteiger partial charge in [0.2, 0.25) is 0 Å². The summed E-state index contributed by atoms with van der Waals surface area (Å²) in [6.07, 6.45) is 4.44. The Labute approximate surface area is 84.9 Å². The van der Waals surface area contributed by atoms with Crippen molar-refractivity contribution in [3.8, 4) is 0 Å². The molecule has 1 rings (SSSR count). The molecule has 1 aromatic rings. The molecule has 0 radical (unpaired) electrons. The van der Waals surface area contributed by atoms with Crippen molar-refractivity contribution in [2.45, 2.75) is 39.2 Å². The first-order valence-electron chi connectivity index (χ1n) is 5.13. The van der Waals surface area contributed by atoms with Gasteiger partial charge in [-0.25, -0.2) is 0 Å². The second-order valence-electron chi connectivity index (χ2n) is 4.09. The third-order valence-electron chi connectivity index (χ3n) is 2.35. The molecule has 1 aromatic heterocycles. The first kappa shape index (κ1) is 11.2. The van der Waals surface area contributed by atoms with E-state index < -0.39 is 0 Å². The summed E-state index contributed by atoms with van der Waals surface area (Å²) >= 11 is 0. The highest BCUT2D eigenvalue weighted by atomic mass is 16.3. The van der Waals surface area contributed by atoms with Crippen molar-refractivity contribution in [1.29, 1.82) is 0 Å². The van der Waals surface area contributed by atoms with Crippen LogP contribution in [0.25, 0.3) is 0 Å². The van der Waals surface area contributed by atoms with E-state index in [0.717, 1.165) is 25.0 Å². The summed E-state index contributed by atoms with van der Waals surface area (Å²) < 4.78 is 1.70. The average molecular weight is 197 g/mol. The van der Waals surface area contributed by atoms with Crippen molar-refractivity contribution in [3.63, 3.8) is 0 Å². The number of aromatic nitrogens is 3. The number of hydrogen-bond acceptors (Lipinski definition) is 3. The van der Waals surface area contributed by atoms with Gasteiger partial charge in [0, 0.05) is 13.2 Å². The van der Waals surface area contributed by atoms with Crippen LogP contribution in [0, 0.1) is 5.92 Å². The molecule has 0 aliphatic rings. The summed E-state index contributed by atoms with van der Waals surface area (Å²) in [7, 11) is 1.86. The molecule has 0 spiro atoms. The molecule has 1 unspecified atom stereocenters. The van der Waals surface area contributed by atoms with E-state index in [-0.39, 0.29) is 6.10 Å². The lowest BCUT2D eigenvalue weighted by Gasteiger charge is -2.12. The quantitative estimate of drug-likeness (QED) is 0.770. The monoisotopic (exact) mass is 197 g/mol. The molecule has 0 saturated heterocycles. The molecule has 0 fully saturated rings. The molecule has 14 heavy (non-hydrogen) atoms. The lowest BCUT2D eigenvalue weighted by atomic mass is 10.0. The Bertz CT molecular complexity index is 270. The second kappa shape index (κ2) is 5.10. The Morgan fingerprint density at radius 1 is 1.50 bits per heavy atom. The van der Waals surface area contributed by atoms with Crippen LogP contribution in [0.1, 0.15) is 32.4 Å². The van der Waals surface area contributed by atoms with E-state index in [1.165, 1.54) is 0 Å². The molecule has 1 atom stereocenters. The van der Waals surface area contributed by atoms with Gasteiger partial charge in [0.15, 0.2) is 0 Å². The van der Waals surface area contributed by atoms with E-state index >= 15 is 0 Å². The van der Waals surface area contributed by atoms with Gasteiger partial charge in [-0.3, -0.25) is 4.68 Å². The van der Waals surface area contributed by atoms with Gasteiger partial charge in [0.25, 0.3) is 0 Å². The maximum absolute atomic E-state index is 9.57. The Morgan fingerprint density at radius 3 is 2.71 bits per heavy atom. The van der Waals surface area contributed by atoms with E-state index in [9.17, 15) is 5.11 Å². The minimum atomic E-state index is -0.188. The fraction of sp³-hybridized carbons (Fsp3) is 0.800. The van der Waals surface area contributed by atoms with E-state index in [0.29, 0.717) is 5.92 Å². The summed E-state index contributed by atoms with van der Waals surface area (Å²) in [4.78, 5) is 0. The number of aliphatic hydroxyl groups excluding tert-OH is 1. The van der Waals surface area contributed by atoms with Crippen molar-refractivity contribution in [2.24, 2.45) is 13.0 Å². The molecule has 0 bridgehead atoms. The van der Waals surface area contributed by atoms with Gasteiger partial charge in [-0.1, -0.05) is 19.1 Å². The zero-order valence-corrected chi connectivity index (χ0v) is 9.14. The Balaban J connectivity index is 2.22. The summed E-state index contributed by atoms with van der Waals surface area (Å²) in [5.74, 6) is 0.344. The van der Waals surface area contributed by atoms with Crippen LogP contribution in [-0.4, -0.2) is 26.2 Å². The zero-order chi connectivity index (χ0) is 10.6. The third-order valence-corrected chi connectivity index (χ3v) is 2.35. The molecule has 1 heterocycles. The molecule has 0 aliphatic heterocycles. The Hall–Kier alpha value is -0.900. The van der Waals surface area contributed by atoms with Crippen LogP contribution < -0.4 is 0 Å². The number of nitrogens with zero attached hydrogens (tertiary/aromatic N) is 3. The molecule has 4 heteroatoms. The third kappa shape index (κ3) is 3.46. The number of aliphatic hydroxyl groups is 1. The van der Waals surface area contributed by atoms with Crippen molar-refractivity contribution < 1.29 is 5.11 Å². The Kier molecular flexibility index (Phi) is 4.07. The fourth-order valence-electron chi connectivity index (χ4n) is 1.34. The van der Waals surface area contributed by atoms with Crippen LogP contribution in [-0.2, 0) is 13.5 Å². The molecular formula is C10H19N3O. The van der Waals surface area contributed by atoms with Crippen LogP contribution in [0.15, 0.2) is 6.20 Å². The van der Waals surface area contributed by atoms with Gasteiger partial charge >= 0.3 is 0 Å². The Morgan fingerprint density at radius 2 is 2.21 bits per heavy atom. The fourth-order valence-corrected chi connectivity index (χ4v) is 1.34. The van der Waals surface area contributed by atoms with E-state index in [2.05, 4.69) is 10.3 Å². The first-order valence-corrected chi connectivity index (χ1v) is 5.13. The second-order valence-corrected chi connectivity index (χ2v) is 4.09. The maximum Gasteiger partial charge on any atom is 0.0827 e. The smallest absolute Gasteiger partial charge is 0.0827 e. The molecule has 0 amide bonds. The van der Waals surface area contributed by atoms with Gasteiger partial charge < -0.3 is 5.11 Å². The standard InChI is InChI=1S/C10H19N3O/c1-8(2)10(14)6-4-5-9-7-13(3)12-11-9/h7-8,10,14H,4-6H2,1-3H3. The highest BCUT2D eigenvalue weighted by Gasteiger charge is 2.08. The van der Waals surface area contributed by atoms with Crippen molar-refractivity contribution >= 4 is 0 Å². The summed E-state index contributed by atoms with van der Waals surface area (Å²) in [6, 6.07) is 0. The molecule has 4 nitrogen and oxygen atoms in total. The topological polar surface area (TPSA) is 50.9 Å². The van der Waals surface area contributed by atoms with Crippen LogP contribution >= 0.6 is 0 Å². The van der Waals surface area contributed by atoms with Crippen LogP contribution in [0.4, 0.5) is 0 Å². The van der Waals surface area contributed by atoms with Crippen LogP contribution in [0.5, 0.6) is 0 Å². The predicted molar refractivity (Wildman–Crippen MR) is 54.8 cm³/mol. The molecule has 0 aliphatic carbocycles. The predicted octanol–water partition coefficient (Wildman–Crippen LogP) is 1.15.